The minimum absolute atomic E-state index is 0.0737. The second-order valence-corrected chi connectivity index (χ2v) is 6.94. The maximum atomic E-state index is 12.0. The van der Waals surface area contributed by atoms with E-state index in [1.165, 1.54) is 16.7 Å². The summed E-state index contributed by atoms with van der Waals surface area (Å²) in [5, 5.41) is 3.51. The standard InChI is InChI=1S/C16H15Cl2N3O3S/c17-12-3-1-10(5-13(12)18)6-21-7-11(2-4-16(21)24)20-15(23)9-25-8-14(19)22/h1-5,7H,6,8-9H2,(H2,19,22)(H,20,23). The van der Waals surface area contributed by atoms with E-state index in [-0.39, 0.29) is 29.5 Å². The number of primary amides is 1. The predicted molar refractivity (Wildman–Crippen MR) is 101 cm³/mol. The van der Waals surface area contributed by atoms with Crippen LogP contribution in [-0.4, -0.2) is 27.9 Å². The number of rotatable bonds is 7. The Morgan fingerprint density at radius 1 is 1.12 bits per heavy atom. The molecule has 2 amide bonds. The van der Waals surface area contributed by atoms with Crippen molar-refractivity contribution in [2.45, 2.75) is 6.54 Å². The number of halogens is 2. The van der Waals surface area contributed by atoms with Crippen molar-refractivity contribution < 1.29 is 9.59 Å². The van der Waals surface area contributed by atoms with Crippen molar-refractivity contribution in [1.29, 1.82) is 0 Å². The van der Waals surface area contributed by atoms with E-state index in [1.807, 2.05) is 0 Å². The highest BCUT2D eigenvalue weighted by atomic mass is 35.5. The third-order valence-corrected chi connectivity index (χ3v) is 4.78. The molecule has 0 bridgehead atoms. The van der Waals surface area contributed by atoms with E-state index in [9.17, 15) is 14.4 Å². The van der Waals surface area contributed by atoms with Crippen LogP contribution in [-0.2, 0) is 16.1 Å². The fraction of sp³-hybridized carbons (Fsp3) is 0.188. The summed E-state index contributed by atoms with van der Waals surface area (Å²) in [6, 6.07) is 7.99. The monoisotopic (exact) mass is 399 g/mol. The zero-order chi connectivity index (χ0) is 18.4. The molecule has 2 aromatic rings. The number of nitrogens with one attached hydrogen (secondary N) is 1. The number of benzene rings is 1. The first kappa shape index (κ1) is 19.4. The molecule has 0 aliphatic heterocycles. The van der Waals surface area contributed by atoms with Crippen LogP contribution in [0.4, 0.5) is 5.69 Å². The summed E-state index contributed by atoms with van der Waals surface area (Å²) in [6.07, 6.45) is 1.54. The Morgan fingerprint density at radius 3 is 2.56 bits per heavy atom. The highest BCUT2D eigenvalue weighted by Crippen LogP contribution is 2.23. The summed E-state index contributed by atoms with van der Waals surface area (Å²) >= 11 is 13.0. The number of hydrogen-bond acceptors (Lipinski definition) is 4. The largest absolute Gasteiger partial charge is 0.369 e. The number of carbonyl (C=O) groups is 2. The number of pyridine rings is 1. The van der Waals surface area contributed by atoms with Crippen LogP contribution < -0.4 is 16.6 Å². The van der Waals surface area contributed by atoms with E-state index in [4.69, 9.17) is 28.9 Å². The van der Waals surface area contributed by atoms with Crippen LogP contribution in [0.2, 0.25) is 10.0 Å². The lowest BCUT2D eigenvalue weighted by Crippen LogP contribution is -2.22. The number of carbonyl (C=O) groups excluding carboxylic acids is 2. The van der Waals surface area contributed by atoms with Gasteiger partial charge in [-0.15, -0.1) is 11.8 Å². The Hall–Kier alpha value is -1.96. The van der Waals surface area contributed by atoms with Gasteiger partial charge in [0, 0.05) is 12.3 Å². The lowest BCUT2D eigenvalue weighted by Gasteiger charge is -2.10. The van der Waals surface area contributed by atoms with Crippen molar-refractivity contribution >= 4 is 52.5 Å². The van der Waals surface area contributed by atoms with Gasteiger partial charge in [0.1, 0.15) is 0 Å². The molecule has 0 radical (unpaired) electrons. The number of thioether (sulfide) groups is 1. The van der Waals surface area contributed by atoms with Crippen LogP contribution in [0, 0.1) is 0 Å². The highest BCUT2D eigenvalue weighted by Gasteiger charge is 2.07. The van der Waals surface area contributed by atoms with Gasteiger partial charge in [-0.1, -0.05) is 29.3 Å². The number of amides is 2. The molecule has 0 aliphatic rings. The number of nitrogens with two attached hydrogens (primary N) is 1. The molecule has 1 aromatic carbocycles. The summed E-state index contributed by atoms with van der Waals surface area (Å²) < 4.78 is 1.45. The van der Waals surface area contributed by atoms with Gasteiger partial charge in [-0.2, -0.15) is 0 Å². The number of nitrogens with zero attached hydrogens (tertiary/aromatic N) is 1. The van der Waals surface area contributed by atoms with Crippen LogP contribution in [0.5, 0.6) is 0 Å². The van der Waals surface area contributed by atoms with E-state index in [0.717, 1.165) is 17.3 Å². The first-order valence-electron chi connectivity index (χ1n) is 7.15. The van der Waals surface area contributed by atoms with Gasteiger partial charge < -0.3 is 15.6 Å². The SMILES string of the molecule is NC(=O)CSCC(=O)Nc1ccc(=O)n(Cc2ccc(Cl)c(Cl)c2)c1. The van der Waals surface area contributed by atoms with Crippen molar-refractivity contribution in [3.05, 3.63) is 62.5 Å². The van der Waals surface area contributed by atoms with E-state index in [1.54, 1.807) is 24.4 Å². The fourth-order valence-electron chi connectivity index (χ4n) is 2.00. The molecule has 2 rings (SSSR count). The molecule has 132 valence electrons. The maximum Gasteiger partial charge on any atom is 0.250 e. The van der Waals surface area contributed by atoms with Crippen molar-refractivity contribution in [1.82, 2.24) is 4.57 Å². The smallest absolute Gasteiger partial charge is 0.250 e. The third-order valence-electron chi connectivity index (χ3n) is 3.08. The van der Waals surface area contributed by atoms with Crippen LogP contribution in [0.3, 0.4) is 0 Å². The normalized spacial score (nSPS) is 10.5. The molecule has 3 N–H and O–H groups in total. The van der Waals surface area contributed by atoms with Gasteiger partial charge in [-0.05, 0) is 23.8 Å². The first-order chi connectivity index (χ1) is 11.8. The minimum atomic E-state index is -0.479. The number of hydrogen-bond donors (Lipinski definition) is 2. The average Bonchev–Trinajstić information content (AvgIpc) is 2.54. The average molecular weight is 400 g/mol. The van der Waals surface area contributed by atoms with Gasteiger partial charge in [-0.25, -0.2) is 0 Å². The molecule has 1 aromatic heterocycles. The zero-order valence-electron chi connectivity index (χ0n) is 13.0. The van der Waals surface area contributed by atoms with Crippen molar-refractivity contribution in [3.63, 3.8) is 0 Å². The quantitative estimate of drug-likeness (QED) is 0.746. The molecule has 25 heavy (non-hydrogen) atoms. The van der Waals surface area contributed by atoms with Crippen LogP contribution in [0.25, 0.3) is 0 Å². The second kappa shape index (κ2) is 8.94. The molecule has 0 saturated carbocycles. The van der Waals surface area contributed by atoms with E-state index >= 15 is 0 Å². The lowest BCUT2D eigenvalue weighted by atomic mass is 10.2. The molecule has 0 saturated heterocycles. The van der Waals surface area contributed by atoms with Gasteiger partial charge >= 0.3 is 0 Å². The zero-order valence-corrected chi connectivity index (χ0v) is 15.3. The number of aromatic nitrogens is 1. The topological polar surface area (TPSA) is 94.2 Å². The molecule has 0 unspecified atom stereocenters. The molecule has 0 spiro atoms. The maximum absolute atomic E-state index is 12.0. The van der Waals surface area contributed by atoms with Gasteiger partial charge in [0.15, 0.2) is 0 Å². The van der Waals surface area contributed by atoms with Gasteiger partial charge in [0.25, 0.3) is 5.56 Å². The Balaban J connectivity index is 2.06. The Morgan fingerprint density at radius 2 is 1.88 bits per heavy atom. The second-order valence-electron chi connectivity index (χ2n) is 5.14. The summed E-state index contributed by atoms with van der Waals surface area (Å²) in [6.45, 7) is 0.288. The summed E-state index contributed by atoms with van der Waals surface area (Å²) in [7, 11) is 0. The molecule has 0 atom stereocenters. The van der Waals surface area contributed by atoms with Crippen molar-refractivity contribution in [2.24, 2.45) is 5.73 Å². The Bertz CT molecular complexity index is 855. The molecule has 0 fully saturated rings. The Labute approximate surface area is 158 Å². The first-order valence-corrected chi connectivity index (χ1v) is 9.06. The summed E-state index contributed by atoms with van der Waals surface area (Å²) in [4.78, 5) is 34.5. The summed E-state index contributed by atoms with van der Waals surface area (Å²) in [5.74, 6) is -0.599. The lowest BCUT2D eigenvalue weighted by molar-refractivity contribution is -0.115. The highest BCUT2D eigenvalue weighted by molar-refractivity contribution is 8.00. The van der Waals surface area contributed by atoms with Crippen LogP contribution in [0.1, 0.15) is 5.56 Å². The number of anilines is 1. The molecule has 0 aliphatic carbocycles. The van der Waals surface area contributed by atoms with E-state index in [0.29, 0.717) is 15.7 Å². The van der Waals surface area contributed by atoms with Crippen molar-refractivity contribution in [2.75, 3.05) is 16.8 Å². The molecular weight excluding hydrogens is 385 g/mol. The van der Waals surface area contributed by atoms with Gasteiger partial charge in [0.2, 0.25) is 11.8 Å². The molecule has 6 nitrogen and oxygen atoms in total. The molecule has 9 heteroatoms. The van der Waals surface area contributed by atoms with Gasteiger partial charge in [-0.3, -0.25) is 14.4 Å². The summed E-state index contributed by atoms with van der Waals surface area (Å²) in [5.41, 5.74) is 6.08. The van der Waals surface area contributed by atoms with Gasteiger partial charge in [0.05, 0.1) is 33.8 Å². The third kappa shape index (κ3) is 6.12. The molecule has 1 heterocycles. The minimum Gasteiger partial charge on any atom is -0.369 e. The van der Waals surface area contributed by atoms with Crippen LogP contribution >= 0.6 is 35.0 Å². The van der Waals surface area contributed by atoms with E-state index < -0.39 is 5.91 Å². The van der Waals surface area contributed by atoms with E-state index in [2.05, 4.69) is 5.32 Å². The Kier molecular flexibility index (Phi) is 6.92. The van der Waals surface area contributed by atoms with Crippen LogP contribution in [0.15, 0.2) is 41.3 Å². The van der Waals surface area contributed by atoms with Crippen molar-refractivity contribution in [3.8, 4) is 0 Å². The predicted octanol–water partition coefficient (Wildman–Crippen LogP) is 2.36. The molecular formula is C16H15Cl2N3O3S. The fourth-order valence-corrected chi connectivity index (χ4v) is 2.89.